The number of rotatable bonds is 7. The second-order valence-electron chi connectivity index (χ2n) is 18.0. The minimum atomic E-state index is 0.137. The maximum Gasteiger partial charge on any atom is 0.0540 e. The number of anilines is 3. The molecule has 300 valence electrons. The summed E-state index contributed by atoms with van der Waals surface area (Å²) >= 11 is 1.87. The highest BCUT2D eigenvalue weighted by Crippen LogP contribution is 2.66. The normalized spacial score (nSPS) is 18.3. The number of benzene rings is 9. The van der Waals surface area contributed by atoms with Crippen molar-refractivity contribution in [3.05, 3.63) is 223 Å². The van der Waals surface area contributed by atoms with Crippen LogP contribution in [0.3, 0.4) is 0 Å². The predicted molar refractivity (Wildman–Crippen MR) is 267 cm³/mol. The van der Waals surface area contributed by atoms with Gasteiger partial charge in [0.05, 0.1) is 5.69 Å². The number of hydrogen-bond donors (Lipinski definition) is 0. The molecule has 3 aliphatic carbocycles. The van der Waals surface area contributed by atoms with Gasteiger partial charge in [-0.05, 0) is 141 Å². The summed E-state index contributed by atoms with van der Waals surface area (Å²) in [5.41, 5.74) is 19.3. The minimum Gasteiger partial charge on any atom is -0.310 e. The van der Waals surface area contributed by atoms with Crippen LogP contribution in [0.5, 0.6) is 0 Å². The molecule has 2 saturated carbocycles. The van der Waals surface area contributed by atoms with Gasteiger partial charge < -0.3 is 4.90 Å². The number of fused-ring (bicyclic) bond motifs is 11. The molecule has 1 spiro atoms. The fraction of sp³-hybridized carbons (Fsp3) is 0.115. The van der Waals surface area contributed by atoms with Gasteiger partial charge in [-0.3, -0.25) is 0 Å². The Labute approximate surface area is 373 Å². The molecule has 2 bridgehead atoms. The highest BCUT2D eigenvalue weighted by Gasteiger charge is 2.56. The third-order valence-electron chi connectivity index (χ3n) is 14.8. The van der Waals surface area contributed by atoms with E-state index in [2.05, 4.69) is 217 Å². The van der Waals surface area contributed by atoms with Crippen molar-refractivity contribution in [3.8, 4) is 55.6 Å². The molecule has 2 fully saturated rings. The summed E-state index contributed by atoms with van der Waals surface area (Å²) in [6.07, 6.45) is 5.37. The lowest BCUT2D eigenvalue weighted by atomic mass is 9.67. The van der Waals surface area contributed by atoms with E-state index in [4.69, 9.17) is 0 Å². The zero-order valence-electron chi connectivity index (χ0n) is 35.0. The van der Waals surface area contributed by atoms with Crippen molar-refractivity contribution in [1.29, 1.82) is 0 Å². The average Bonchev–Trinajstić information content (AvgIpc) is 4.14. The number of thiophene rings is 1. The summed E-state index contributed by atoms with van der Waals surface area (Å²) in [6, 6.07) is 79.5. The van der Waals surface area contributed by atoms with E-state index < -0.39 is 0 Å². The number of para-hydroxylation sites is 1. The smallest absolute Gasteiger partial charge is 0.0540 e. The lowest BCUT2D eigenvalue weighted by molar-refractivity contribution is 0.327. The Morgan fingerprint density at radius 3 is 1.78 bits per heavy atom. The Kier molecular flexibility index (Phi) is 8.46. The first-order valence-corrected chi connectivity index (χ1v) is 23.4. The molecule has 0 amide bonds. The molecule has 1 nitrogen and oxygen atoms in total. The van der Waals surface area contributed by atoms with Gasteiger partial charge in [-0.25, -0.2) is 0 Å². The molecule has 0 radical (unpaired) electrons. The molecule has 0 N–H and O–H groups in total. The molecule has 1 heterocycles. The average molecular weight is 824 g/mol. The molecular weight excluding hydrogens is 779 g/mol. The van der Waals surface area contributed by atoms with E-state index in [9.17, 15) is 0 Å². The van der Waals surface area contributed by atoms with Crippen LogP contribution in [0.1, 0.15) is 36.8 Å². The molecule has 0 aliphatic heterocycles. The molecule has 2 heteroatoms. The minimum absolute atomic E-state index is 0.137. The maximum atomic E-state index is 2.52. The van der Waals surface area contributed by atoms with E-state index in [1.807, 2.05) is 11.3 Å². The van der Waals surface area contributed by atoms with Crippen LogP contribution in [-0.4, -0.2) is 0 Å². The topological polar surface area (TPSA) is 3.24 Å². The van der Waals surface area contributed by atoms with Crippen molar-refractivity contribution in [1.82, 2.24) is 0 Å². The van der Waals surface area contributed by atoms with E-state index in [0.717, 1.165) is 23.2 Å². The van der Waals surface area contributed by atoms with Gasteiger partial charge in [-0.15, -0.1) is 11.3 Å². The molecule has 1 aromatic heterocycles. The molecule has 13 rings (SSSR count). The van der Waals surface area contributed by atoms with Crippen LogP contribution in [0, 0.1) is 11.8 Å². The van der Waals surface area contributed by atoms with Crippen molar-refractivity contribution < 1.29 is 0 Å². The molecule has 9 aromatic carbocycles. The van der Waals surface area contributed by atoms with Gasteiger partial charge >= 0.3 is 0 Å². The standard InChI is InChI=1S/C61H45NS/c1-2-14-42(15-3-1)47-16-4-5-17-48(47)49-18-6-7-19-50(49)52-21-9-12-24-58(52)62(45-31-27-41(28-32-45)43-29-35-60-55(37-43)53-22-10-13-25-59(53)63-60)46-33-34-57-54(38-46)51-20-8-11-23-56(51)61(57)39-40-26-30-44(61)36-40/h1-25,27-29,31-35,37-38,40,44H,26,30,36,39H2. The van der Waals surface area contributed by atoms with Crippen LogP contribution < -0.4 is 4.90 Å². The third kappa shape index (κ3) is 5.74. The molecule has 0 saturated heterocycles. The van der Waals surface area contributed by atoms with Gasteiger partial charge in [0.25, 0.3) is 0 Å². The van der Waals surface area contributed by atoms with E-state index in [1.165, 1.54) is 107 Å². The van der Waals surface area contributed by atoms with E-state index in [-0.39, 0.29) is 5.41 Å². The Morgan fingerprint density at radius 2 is 1.00 bits per heavy atom. The van der Waals surface area contributed by atoms with Gasteiger partial charge in [0, 0.05) is 42.5 Å². The van der Waals surface area contributed by atoms with Crippen molar-refractivity contribution >= 4 is 48.6 Å². The molecule has 63 heavy (non-hydrogen) atoms. The Morgan fingerprint density at radius 1 is 0.397 bits per heavy atom. The second kappa shape index (κ2) is 14.5. The van der Waals surface area contributed by atoms with Crippen molar-refractivity contribution in [2.24, 2.45) is 11.8 Å². The Balaban J connectivity index is 0.988. The summed E-state index contributed by atoms with van der Waals surface area (Å²) in [5.74, 6) is 1.56. The fourth-order valence-electron chi connectivity index (χ4n) is 12.1. The molecule has 3 unspecified atom stereocenters. The fourth-order valence-corrected chi connectivity index (χ4v) is 13.2. The molecular formula is C61H45NS. The highest BCUT2D eigenvalue weighted by atomic mass is 32.1. The molecule has 3 atom stereocenters. The first-order valence-electron chi connectivity index (χ1n) is 22.6. The summed E-state index contributed by atoms with van der Waals surface area (Å²) in [4.78, 5) is 2.52. The summed E-state index contributed by atoms with van der Waals surface area (Å²) in [7, 11) is 0. The maximum absolute atomic E-state index is 2.52. The van der Waals surface area contributed by atoms with Crippen LogP contribution in [0.25, 0.3) is 75.8 Å². The van der Waals surface area contributed by atoms with Gasteiger partial charge in [0.1, 0.15) is 0 Å². The third-order valence-corrected chi connectivity index (χ3v) is 15.9. The van der Waals surface area contributed by atoms with Crippen LogP contribution in [0.15, 0.2) is 212 Å². The summed E-state index contributed by atoms with van der Waals surface area (Å²) < 4.78 is 2.67. The summed E-state index contributed by atoms with van der Waals surface area (Å²) in [5, 5.41) is 2.66. The zero-order chi connectivity index (χ0) is 41.5. The lowest BCUT2D eigenvalue weighted by Gasteiger charge is -2.36. The number of nitrogens with zero attached hydrogens (tertiary/aromatic N) is 1. The Hall–Kier alpha value is -7.00. The van der Waals surface area contributed by atoms with Crippen LogP contribution >= 0.6 is 11.3 Å². The largest absolute Gasteiger partial charge is 0.310 e. The predicted octanol–water partition coefficient (Wildman–Crippen LogP) is 17.3. The van der Waals surface area contributed by atoms with Gasteiger partial charge in [-0.2, -0.15) is 0 Å². The van der Waals surface area contributed by atoms with Gasteiger partial charge in [-0.1, -0.05) is 170 Å². The van der Waals surface area contributed by atoms with Crippen molar-refractivity contribution in [2.75, 3.05) is 4.90 Å². The first kappa shape index (κ1) is 36.6. The summed E-state index contributed by atoms with van der Waals surface area (Å²) in [6.45, 7) is 0. The Bertz CT molecular complexity index is 3380. The second-order valence-corrected chi connectivity index (χ2v) is 19.1. The SMILES string of the molecule is c1ccc(-c2ccccc2-c2ccccc2-c2ccccc2N(c2ccc(-c3ccc4sc5ccccc5c4c3)cc2)c2ccc3c(c2)-c2ccccc2C32CC3CCC2C3)cc1. The van der Waals surface area contributed by atoms with Crippen molar-refractivity contribution in [3.63, 3.8) is 0 Å². The quantitative estimate of drug-likeness (QED) is 0.155. The van der Waals surface area contributed by atoms with Gasteiger partial charge in [0.15, 0.2) is 0 Å². The molecule has 10 aromatic rings. The zero-order valence-corrected chi connectivity index (χ0v) is 35.9. The number of hydrogen-bond acceptors (Lipinski definition) is 2. The highest BCUT2D eigenvalue weighted by molar-refractivity contribution is 7.25. The first-order chi connectivity index (χ1) is 31.2. The van der Waals surface area contributed by atoms with Gasteiger partial charge in [0.2, 0.25) is 0 Å². The van der Waals surface area contributed by atoms with Crippen LogP contribution in [-0.2, 0) is 5.41 Å². The lowest BCUT2D eigenvalue weighted by Crippen LogP contribution is -2.31. The monoisotopic (exact) mass is 823 g/mol. The van der Waals surface area contributed by atoms with E-state index >= 15 is 0 Å². The van der Waals surface area contributed by atoms with Crippen LogP contribution in [0.4, 0.5) is 17.1 Å². The van der Waals surface area contributed by atoms with E-state index in [0.29, 0.717) is 0 Å². The van der Waals surface area contributed by atoms with Crippen molar-refractivity contribution in [2.45, 2.75) is 31.1 Å². The van der Waals surface area contributed by atoms with Crippen LogP contribution in [0.2, 0.25) is 0 Å². The van der Waals surface area contributed by atoms with E-state index in [1.54, 1.807) is 11.1 Å². The molecule has 3 aliphatic rings.